The number of imidazole rings is 1. The summed E-state index contributed by atoms with van der Waals surface area (Å²) in [5, 5.41) is 12.2. The second kappa shape index (κ2) is 6.66. The van der Waals surface area contributed by atoms with Crippen molar-refractivity contribution >= 4 is 16.9 Å². The van der Waals surface area contributed by atoms with Gasteiger partial charge >= 0.3 is 0 Å². The number of amides is 1. The summed E-state index contributed by atoms with van der Waals surface area (Å²) in [6, 6.07) is 13.5. The molecule has 3 aromatic rings. The minimum absolute atomic E-state index is 0.0707. The summed E-state index contributed by atoms with van der Waals surface area (Å²) in [7, 11) is 0. The highest BCUT2D eigenvalue weighted by atomic mass is 16.5. The van der Waals surface area contributed by atoms with Crippen LogP contribution in [0, 0.1) is 0 Å². The molecule has 128 valence electrons. The Morgan fingerprint density at radius 1 is 1.24 bits per heavy atom. The van der Waals surface area contributed by atoms with E-state index in [-0.39, 0.29) is 18.6 Å². The zero-order valence-corrected chi connectivity index (χ0v) is 13.7. The number of aliphatic hydroxyl groups is 1. The van der Waals surface area contributed by atoms with Crippen molar-refractivity contribution in [1.82, 2.24) is 15.3 Å². The van der Waals surface area contributed by atoms with Crippen molar-refractivity contribution in [3.8, 4) is 11.1 Å². The number of H-pyrrole nitrogens is 1. The first-order chi connectivity index (χ1) is 12.2. The molecule has 1 atom stereocenters. The summed E-state index contributed by atoms with van der Waals surface area (Å²) < 4.78 is 5.28. The van der Waals surface area contributed by atoms with Gasteiger partial charge in [0.1, 0.15) is 12.4 Å². The standard InChI is InChI=1S/C19H19N3O3/c23-10-18-21-16-6-5-14(9-17(16)22-18)12-1-3-13(4-2-12)19(24)20-15-7-8-25-11-15/h1-6,9,15,23H,7-8,10-11H2,(H,20,24)(H,21,22)/t15-/m0/s1. The summed E-state index contributed by atoms with van der Waals surface area (Å²) in [5.74, 6) is 0.480. The van der Waals surface area contributed by atoms with Gasteiger partial charge in [-0.3, -0.25) is 4.79 Å². The fraction of sp³-hybridized carbons (Fsp3) is 0.263. The van der Waals surface area contributed by atoms with Gasteiger partial charge in [-0.2, -0.15) is 0 Å². The van der Waals surface area contributed by atoms with Crippen molar-refractivity contribution in [1.29, 1.82) is 0 Å². The summed E-state index contributed by atoms with van der Waals surface area (Å²) in [6.07, 6.45) is 0.865. The number of carbonyl (C=O) groups is 1. The maximum atomic E-state index is 12.3. The van der Waals surface area contributed by atoms with Crippen molar-refractivity contribution in [2.24, 2.45) is 0 Å². The zero-order valence-electron chi connectivity index (χ0n) is 13.7. The van der Waals surface area contributed by atoms with Crippen LogP contribution in [0.3, 0.4) is 0 Å². The predicted molar refractivity (Wildman–Crippen MR) is 94.1 cm³/mol. The molecule has 6 heteroatoms. The molecule has 0 unspecified atom stereocenters. The number of ether oxygens (including phenoxy) is 1. The van der Waals surface area contributed by atoms with Crippen LogP contribution >= 0.6 is 0 Å². The van der Waals surface area contributed by atoms with Gasteiger partial charge in [0.05, 0.1) is 23.7 Å². The van der Waals surface area contributed by atoms with Gasteiger partial charge in [0.2, 0.25) is 0 Å². The van der Waals surface area contributed by atoms with Crippen LogP contribution in [-0.4, -0.2) is 40.2 Å². The van der Waals surface area contributed by atoms with Crippen molar-refractivity contribution < 1.29 is 14.6 Å². The molecular formula is C19H19N3O3. The number of aromatic amines is 1. The molecule has 0 bridgehead atoms. The fourth-order valence-corrected chi connectivity index (χ4v) is 3.05. The molecule has 0 radical (unpaired) electrons. The van der Waals surface area contributed by atoms with Crippen LogP contribution in [0.25, 0.3) is 22.2 Å². The van der Waals surface area contributed by atoms with E-state index < -0.39 is 0 Å². The molecule has 2 heterocycles. The van der Waals surface area contributed by atoms with E-state index >= 15 is 0 Å². The number of carbonyl (C=O) groups excluding carboxylic acids is 1. The third-order valence-corrected chi connectivity index (χ3v) is 4.43. The Labute approximate surface area is 144 Å². The highest BCUT2D eigenvalue weighted by Gasteiger charge is 2.18. The molecule has 1 aliphatic heterocycles. The maximum absolute atomic E-state index is 12.3. The topological polar surface area (TPSA) is 87.2 Å². The minimum Gasteiger partial charge on any atom is -0.388 e. The highest BCUT2D eigenvalue weighted by molar-refractivity contribution is 5.95. The highest BCUT2D eigenvalue weighted by Crippen LogP contribution is 2.24. The fourth-order valence-electron chi connectivity index (χ4n) is 3.05. The number of benzene rings is 2. The largest absolute Gasteiger partial charge is 0.388 e. The summed E-state index contributed by atoms with van der Waals surface area (Å²) in [6.45, 7) is 1.18. The quantitative estimate of drug-likeness (QED) is 0.681. The summed E-state index contributed by atoms with van der Waals surface area (Å²) >= 11 is 0. The molecule has 6 nitrogen and oxygen atoms in total. The molecule has 25 heavy (non-hydrogen) atoms. The molecule has 0 aliphatic carbocycles. The Balaban J connectivity index is 1.53. The van der Waals surface area contributed by atoms with E-state index in [1.54, 1.807) is 0 Å². The van der Waals surface area contributed by atoms with Crippen LogP contribution < -0.4 is 5.32 Å². The lowest BCUT2D eigenvalue weighted by atomic mass is 10.0. The Morgan fingerprint density at radius 2 is 2.04 bits per heavy atom. The average Bonchev–Trinajstić information content (AvgIpc) is 3.30. The van der Waals surface area contributed by atoms with E-state index in [9.17, 15) is 9.90 Å². The lowest BCUT2D eigenvalue weighted by Gasteiger charge is -2.11. The van der Waals surface area contributed by atoms with Crippen molar-refractivity contribution in [3.63, 3.8) is 0 Å². The molecule has 2 aromatic carbocycles. The monoisotopic (exact) mass is 337 g/mol. The SMILES string of the molecule is O=C(N[C@H]1CCOC1)c1ccc(-c2ccc3nc(CO)[nH]c3c2)cc1. The third kappa shape index (κ3) is 3.26. The molecule has 0 spiro atoms. The van der Waals surface area contributed by atoms with Crippen molar-refractivity contribution in [2.45, 2.75) is 19.1 Å². The summed E-state index contributed by atoms with van der Waals surface area (Å²) in [4.78, 5) is 19.6. The van der Waals surface area contributed by atoms with Gasteiger partial charge < -0.3 is 20.1 Å². The lowest BCUT2D eigenvalue weighted by Crippen LogP contribution is -2.34. The number of aromatic nitrogens is 2. The van der Waals surface area contributed by atoms with Gasteiger partial charge in [-0.15, -0.1) is 0 Å². The molecule has 1 aromatic heterocycles. The van der Waals surface area contributed by atoms with Gasteiger partial charge in [0.25, 0.3) is 5.91 Å². The summed E-state index contributed by atoms with van der Waals surface area (Å²) in [5.41, 5.74) is 4.38. The number of nitrogens with zero attached hydrogens (tertiary/aromatic N) is 1. The number of hydrogen-bond acceptors (Lipinski definition) is 4. The number of fused-ring (bicyclic) bond motifs is 1. The second-order valence-electron chi connectivity index (χ2n) is 6.18. The molecule has 4 rings (SSSR count). The Bertz CT molecular complexity index is 896. The molecule has 1 amide bonds. The maximum Gasteiger partial charge on any atom is 0.251 e. The first kappa shape index (κ1) is 15.8. The van der Waals surface area contributed by atoms with Gasteiger partial charge in [-0.05, 0) is 41.8 Å². The van der Waals surface area contributed by atoms with Crippen LogP contribution in [0.5, 0.6) is 0 Å². The average molecular weight is 337 g/mol. The van der Waals surface area contributed by atoms with E-state index in [0.717, 1.165) is 28.6 Å². The minimum atomic E-state index is -0.111. The third-order valence-electron chi connectivity index (χ3n) is 4.43. The first-order valence-electron chi connectivity index (χ1n) is 8.31. The van der Waals surface area contributed by atoms with E-state index in [0.29, 0.717) is 24.6 Å². The Kier molecular flexibility index (Phi) is 4.21. The van der Waals surface area contributed by atoms with Gasteiger partial charge in [0.15, 0.2) is 0 Å². The Hall–Kier alpha value is -2.70. The van der Waals surface area contributed by atoms with Crippen LogP contribution in [0.4, 0.5) is 0 Å². The van der Waals surface area contributed by atoms with E-state index in [4.69, 9.17) is 4.74 Å². The number of nitrogens with one attached hydrogen (secondary N) is 2. The van der Waals surface area contributed by atoms with Gasteiger partial charge in [-0.1, -0.05) is 18.2 Å². The number of hydrogen-bond donors (Lipinski definition) is 3. The molecular weight excluding hydrogens is 318 g/mol. The van der Waals surface area contributed by atoms with Crippen molar-refractivity contribution in [2.75, 3.05) is 13.2 Å². The molecule has 0 saturated carbocycles. The van der Waals surface area contributed by atoms with Crippen molar-refractivity contribution in [3.05, 3.63) is 53.9 Å². The predicted octanol–water partition coefficient (Wildman–Crippen LogP) is 2.24. The molecule has 3 N–H and O–H groups in total. The molecule has 1 aliphatic rings. The lowest BCUT2D eigenvalue weighted by molar-refractivity contribution is 0.0930. The normalized spacial score (nSPS) is 17.1. The Morgan fingerprint density at radius 3 is 2.76 bits per heavy atom. The molecule has 1 saturated heterocycles. The van der Waals surface area contributed by atoms with Crippen LogP contribution in [0.15, 0.2) is 42.5 Å². The second-order valence-corrected chi connectivity index (χ2v) is 6.18. The number of aliphatic hydroxyl groups excluding tert-OH is 1. The van der Waals surface area contributed by atoms with Gasteiger partial charge in [-0.25, -0.2) is 4.98 Å². The zero-order chi connectivity index (χ0) is 17.2. The van der Waals surface area contributed by atoms with Gasteiger partial charge in [0, 0.05) is 12.2 Å². The molecule has 1 fully saturated rings. The van der Waals surface area contributed by atoms with Crippen LogP contribution in [0.2, 0.25) is 0 Å². The van der Waals surface area contributed by atoms with E-state index in [1.807, 2.05) is 42.5 Å². The first-order valence-corrected chi connectivity index (χ1v) is 8.31. The van der Waals surface area contributed by atoms with E-state index in [1.165, 1.54) is 0 Å². The smallest absolute Gasteiger partial charge is 0.251 e. The van der Waals surface area contributed by atoms with E-state index in [2.05, 4.69) is 15.3 Å². The number of rotatable bonds is 4. The van der Waals surface area contributed by atoms with Crippen LogP contribution in [0.1, 0.15) is 22.6 Å². The van der Waals surface area contributed by atoms with Crippen LogP contribution in [-0.2, 0) is 11.3 Å².